The lowest BCUT2D eigenvalue weighted by Gasteiger charge is -2.35. The molecule has 162 valence electrons. The second-order valence-corrected chi connectivity index (χ2v) is 7.73. The number of hydrogen-bond acceptors (Lipinski definition) is 4. The number of aromatic nitrogens is 1. The summed E-state index contributed by atoms with van der Waals surface area (Å²) in [7, 11) is 1.71. The van der Waals surface area contributed by atoms with E-state index in [0.717, 1.165) is 43.6 Å². The van der Waals surface area contributed by atoms with Crippen LogP contribution in [0.2, 0.25) is 0 Å². The SMILES string of the molecule is CCNC(=NCc1ncccc1C)NCC(c1ccc(OC)cc1)N1CCCCC1. The maximum Gasteiger partial charge on any atom is 0.191 e. The molecule has 0 spiro atoms. The van der Waals surface area contributed by atoms with Crippen molar-refractivity contribution in [2.24, 2.45) is 4.99 Å². The molecule has 1 saturated heterocycles. The van der Waals surface area contributed by atoms with Gasteiger partial charge in [0.05, 0.1) is 25.4 Å². The molecule has 0 radical (unpaired) electrons. The molecule has 2 aromatic rings. The molecule has 1 aromatic carbocycles. The van der Waals surface area contributed by atoms with E-state index in [1.54, 1.807) is 7.11 Å². The molecule has 1 aliphatic heterocycles. The van der Waals surface area contributed by atoms with Gasteiger partial charge in [0, 0.05) is 19.3 Å². The molecule has 1 fully saturated rings. The first-order valence-electron chi connectivity index (χ1n) is 11.0. The number of nitrogens with zero attached hydrogens (tertiary/aromatic N) is 3. The summed E-state index contributed by atoms with van der Waals surface area (Å²) >= 11 is 0. The zero-order chi connectivity index (χ0) is 21.2. The van der Waals surface area contributed by atoms with Gasteiger partial charge in [-0.15, -0.1) is 0 Å². The van der Waals surface area contributed by atoms with E-state index in [-0.39, 0.29) is 0 Å². The number of rotatable bonds is 8. The topological polar surface area (TPSA) is 61.8 Å². The van der Waals surface area contributed by atoms with Crippen LogP contribution in [0, 0.1) is 6.92 Å². The molecule has 0 amide bonds. The van der Waals surface area contributed by atoms with E-state index in [4.69, 9.17) is 9.73 Å². The fourth-order valence-corrected chi connectivity index (χ4v) is 3.89. The van der Waals surface area contributed by atoms with Gasteiger partial charge in [-0.05, 0) is 69.1 Å². The Morgan fingerprint density at radius 1 is 1.13 bits per heavy atom. The number of hydrogen-bond donors (Lipinski definition) is 2. The predicted molar refractivity (Wildman–Crippen MR) is 123 cm³/mol. The Bertz CT molecular complexity index is 799. The van der Waals surface area contributed by atoms with Crippen LogP contribution in [-0.2, 0) is 6.54 Å². The van der Waals surface area contributed by atoms with Crippen molar-refractivity contribution >= 4 is 5.96 Å². The summed E-state index contributed by atoms with van der Waals surface area (Å²) in [5, 5.41) is 6.95. The Hall–Kier alpha value is -2.60. The minimum Gasteiger partial charge on any atom is -0.497 e. The van der Waals surface area contributed by atoms with Crippen molar-refractivity contribution in [3.63, 3.8) is 0 Å². The average molecular weight is 410 g/mol. The van der Waals surface area contributed by atoms with E-state index >= 15 is 0 Å². The predicted octanol–water partition coefficient (Wildman–Crippen LogP) is 3.68. The van der Waals surface area contributed by atoms with Gasteiger partial charge in [0.2, 0.25) is 0 Å². The summed E-state index contributed by atoms with van der Waals surface area (Å²) < 4.78 is 5.34. The lowest BCUT2D eigenvalue weighted by molar-refractivity contribution is 0.164. The summed E-state index contributed by atoms with van der Waals surface area (Å²) in [6.07, 6.45) is 5.68. The summed E-state index contributed by atoms with van der Waals surface area (Å²) in [4.78, 5) is 11.8. The maximum atomic E-state index is 5.34. The first-order valence-corrected chi connectivity index (χ1v) is 11.0. The standard InChI is InChI=1S/C24H35N5O/c1-4-25-24(27-17-22-19(2)9-8-14-26-22)28-18-23(29-15-6-5-7-16-29)20-10-12-21(30-3)13-11-20/h8-14,23H,4-7,15-18H2,1-3H3,(H2,25,27,28). The highest BCUT2D eigenvalue weighted by Gasteiger charge is 2.22. The van der Waals surface area contributed by atoms with Crippen molar-refractivity contribution in [1.29, 1.82) is 0 Å². The summed E-state index contributed by atoms with van der Waals surface area (Å²) in [6.45, 7) is 8.64. The van der Waals surface area contributed by atoms with E-state index in [9.17, 15) is 0 Å². The minimum atomic E-state index is 0.302. The largest absolute Gasteiger partial charge is 0.497 e. The Kier molecular flexibility index (Phi) is 8.51. The molecule has 3 rings (SSSR count). The Labute approximate surface area is 180 Å². The van der Waals surface area contributed by atoms with Gasteiger partial charge < -0.3 is 15.4 Å². The molecule has 2 heterocycles. The van der Waals surface area contributed by atoms with E-state index < -0.39 is 0 Å². The second-order valence-electron chi connectivity index (χ2n) is 7.73. The molecule has 2 N–H and O–H groups in total. The molecule has 0 aliphatic carbocycles. The van der Waals surface area contributed by atoms with Gasteiger partial charge in [-0.25, -0.2) is 4.99 Å². The van der Waals surface area contributed by atoms with Crippen LogP contribution in [0.15, 0.2) is 47.6 Å². The highest BCUT2D eigenvalue weighted by molar-refractivity contribution is 5.79. The van der Waals surface area contributed by atoms with Crippen LogP contribution < -0.4 is 15.4 Å². The number of guanidine groups is 1. The van der Waals surface area contributed by atoms with E-state index in [0.29, 0.717) is 12.6 Å². The molecule has 1 aliphatic rings. The van der Waals surface area contributed by atoms with Crippen LogP contribution in [0.4, 0.5) is 0 Å². The average Bonchev–Trinajstić information content (AvgIpc) is 2.79. The number of methoxy groups -OCH3 is 1. The monoisotopic (exact) mass is 409 g/mol. The third-order valence-electron chi connectivity index (χ3n) is 5.64. The number of aryl methyl sites for hydroxylation is 1. The summed E-state index contributed by atoms with van der Waals surface area (Å²) in [5.74, 6) is 1.72. The highest BCUT2D eigenvalue weighted by atomic mass is 16.5. The van der Waals surface area contributed by atoms with Crippen LogP contribution >= 0.6 is 0 Å². The molecule has 6 nitrogen and oxygen atoms in total. The van der Waals surface area contributed by atoms with Crippen molar-refractivity contribution in [3.05, 3.63) is 59.4 Å². The quantitative estimate of drug-likeness (QED) is 0.514. The van der Waals surface area contributed by atoms with Crippen LogP contribution in [0.3, 0.4) is 0 Å². The molecular weight excluding hydrogens is 374 g/mol. The molecule has 6 heteroatoms. The number of piperidine rings is 1. The second kappa shape index (κ2) is 11.6. The smallest absolute Gasteiger partial charge is 0.191 e. The molecule has 0 bridgehead atoms. The Balaban J connectivity index is 1.72. The normalized spacial score (nSPS) is 16.2. The molecule has 1 aromatic heterocycles. The van der Waals surface area contributed by atoms with Gasteiger partial charge in [0.1, 0.15) is 5.75 Å². The molecule has 1 unspecified atom stereocenters. The maximum absolute atomic E-state index is 5.34. The first kappa shape index (κ1) is 22.1. The number of benzene rings is 1. The zero-order valence-corrected chi connectivity index (χ0v) is 18.5. The fourth-order valence-electron chi connectivity index (χ4n) is 3.89. The first-order chi connectivity index (χ1) is 14.7. The van der Waals surface area contributed by atoms with Crippen LogP contribution in [0.1, 0.15) is 49.0 Å². The van der Waals surface area contributed by atoms with Gasteiger partial charge in [-0.1, -0.05) is 24.6 Å². The highest BCUT2D eigenvalue weighted by Crippen LogP contribution is 2.25. The van der Waals surface area contributed by atoms with Crippen molar-refractivity contribution in [1.82, 2.24) is 20.5 Å². The number of nitrogens with one attached hydrogen (secondary N) is 2. The van der Waals surface area contributed by atoms with Crippen molar-refractivity contribution in [3.8, 4) is 5.75 Å². The van der Waals surface area contributed by atoms with Crippen molar-refractivity contribution in [2.45, 2.75) is 45.7 Å². The van der Waals surface area contributed by atoms with Crippen molar-refractivity contribution in [2.75, 3.05) is 33.3 Å². The third-order valence-corrected chi connectivity index (χ3v) is 5.64. The lowest BCUT2D eigenvalue weighted by Crippen LogP contribution is -2.44. The zero-order valence-electron chi connectivity index (χ0n) is 18.5. The van der Waals surface area contributed by atoms with E-state index in [1.807, 2.05) is 12.3 Å². The van der Waals surface area contributed by atoms with Gasteiger partial charge >= 0.3 is 0 Å². The van der Waals surface area contributed by atoms with Gasteiger partial charge in [-0.2, -0.15) is 0 Å². The Morgan fingerprint density at radius 3 is 2.57 bits per heavy atom. The summed E-state index contributed by atoms with van der Waals surface area (Å²) in [5.41, 5.74) is 3.49. The molecule has 30 heavy (non-hydrogen) atoms. The van der Waals surface area contributed by atoms with Crippen molar-refractivity contribution < 1.29 is 4.74 Å². The number of pyridine rings is 1. The third kappa shape index (κ3) is 6.20. The molecule has 1 atom stereocenters. The van der Waals surface area contributed by atoms with Crippen LogP contribution in [0.5, 0.6) is 5.75 Å². The van der Waals surface area contributed by atoms with Crippen LogP contribution in [0.25, 0.3) is 0 Å². The molecule has 0 saturated carbocycles. The van der Waals surface area contributed by atoms with Crippen LogP contribution in [-0.4, -0.2) is 49.1 Å². The summed E-state index contributed by atoms with van der Waals surface area (Å²) in [6, 6.07) is 12.8. The van der Waals surface area contributed by atoms with E-state index in [1.165, 1.54) is 30.4 Å². The number of aliphatic imine (C=N–C) groups is 1. The number of likely N-dealkylation sites (tertiary alicyclic amines) is 1. The lowest BCUT2D eigenvalue weighted by atomic mass is 10.0. The number of ether oxygens (including phenoxy) is 1. The van der Waals surface area contributed by atoms with E-state index in [2.05, 4.69) is 64.7 Å². The Morgan fingerprint density at radius 2 is 1.90 bits per heavy atom. The molecular formula is C24H35N5O. The van der Waals surface area contributed by atoms with Gasteiger partial charge in [0.15, 0.2) is 5.96 Å². The van der Waals surface area contributed by atoms with Gasteiger partial charge in [0.25, 0.3) is 0 Å². The minimum absolute atomic E-state index is 0.302. The fraction of sp³-hybridized carbons (Fsp3) is 0.500. The van der Waals surface area contributed by atoms with Gasteiger partial charge in [-0.3, -0.25) is 9.88 Å².